The number of nitrogens with zero attached hydrogens (tertiary/aromatic N) is 1. The topological polar surface area (TPSA) is 41.6 Å². The van der Waals surface area contributed by atoms with Gasteiger partial charge in [-0.05, 0) is 31.0 Å². The van der Waals surface area contributed by atoms with E-state index in [2.05, 4.69) is 5.32 Å². The average molecular weight is 308 g/mol. The Bertz CT molecular complexity index is 459. The Labute approximate surface area is 131 Å². The second-order valence-corrected chi connectivity index (χ2v) is 6.79. The molecule has 0 radical (unpaired) electrons. The molecule has 0 atom stereocenters. The van der Waals surface area contributed by atoms with Crippen LogP contribution in [-0.2, 0) is 4.74 Å². The molecule has 0 saturated carbocycles. The zero-order chi connectivity index (χ0) is 15.1. The highest BCUT2D eigenvalue weighted by molar-refractivity contribution is 7.99. The molecule has 4 nitrogen and oxygen atoms in total. The van der Waals surface area contributed by atoms with Gasteiger partial charge in [0.1, 0.15) is 0 Å². The van der Waals surface area contributed by atoms with Gasteiger partial charge >= 0.3 is 0 Å². The van der Waals surface area contributed by atoms with Gasteiger partial charge in [0.05, 0.1) is 0 Å². The van der Waals surface area contributed by atoms with E-state index in [0.29, 0.717) is 11.8 Å². The molecule has 1 heterocycles. The second kappa shape index (κ2) is 8.29. The Morgan fingerprint density at radius 3 is 2.86 bits per heavy atom. The summed E-state index contributed by atoms with van der Waals surface area (Å²) in [6.45, 7) is 2.47. The smallest absolute Gasteiger partial charge is 0.251 e. The summed E-state index contributed by atoms with van der Waals surface area (Å²) in [5, 5.41) is 3.68. The Kier molecular flexibility index (Phi) is 6.39. The Balaban J connectivity index is 1.72. The molecule has 1 aromatic rings. The van der Waals surface area contributed by atoms with Gasteiger partial charge in [-0.3, -0.25) is 4.79 Å². The van der Waals surface area contributed by atoms with Crippen molar-refractivity contribution in [3.05, 3.63) is 29.8 Å². The Morgan fingerprint density at radius 2 is 2.14 bits per heavy atom. The SMILES string of the molecule is CN(C)c1cccc(C(=O)NCCSC2CCOCC2)c1. The van der Waals surface area contributed by atoms with Gasteiger partial charge in [0.15, 0.2) is 0 Å². The molecule has 1 N–H and O–H groups in total. The van der Waals surface area contributed by atoms with E-state index in [0.717, 1.165) is 43.1 Å². The van der Waals surface area contributed by atoms with E-state index >= 15 is 0 Å². The minimum atomic E-state index is 0.00581. The van der Waals surface area contributed by atoms with Crippen LogP contribution in [0.25, 0.3) is 0 Å². The largest absolute Gasteiger partial charge is 0.381 e. The van der Waals surface area contributed by atoms with Crippen LogP contribution in [0.5, 0.6) is 0 Å². The summed E-state index contributed by atoms with van der Waals surface area (Å²) in [5.74, 6) is 0.968. The standard InChI is InChI=1S/C16H24N2O2S/c1-18(2)14-5-3-4-13(12-14)16(19)17-8-11-21-15-6-9-20-10-7-15/h3-5,12,15H,6-11H2,1-2H3,(H,17,19). The lowest BCUT2D eigenvalue weighted by molar-refractivity contribution is 0.0955. The first kappa shape index (κ1) is 16.2. The van der Waals surface area contributed by atoms with Crippen LogP contribution in [0.1, 0.15) is 23.2 Å². The summed E-state index contributed by atoms with van der Waals surface area (Å²) in [6.07, 6.45) is 2.26. The number of thioether (sulfide) groups is 1. The molecule has 0 unspecified atom stereocenters. The van der Waals surface area contributed by atoms with E-state index in [1.165, 1.54) is 0 Å². The number of carbonyl (C=O) groups is 1. The van der Waals surface area contributed by atoms with Crippen LogP contribution >= 0.6 is 11.8 Å². The minimum Gasteiger partial charge on any atom is -0.381 e. The fraction of sp³-hybridized carbons (Fsp3) is 0.562. The first-order valence-corrected chi connectivity index (χ1v) is 8.46. The number of hydrogen-bond donors (Lipinski definition) is 1. The molecular weight excluding hydrogens is 284 g/mol. The van der Waals surface area contributed by atoms with Crippen LogP contribution in [0.3, 0.4) is 0 Å². The highest BCUT2D eigenvalue weighted by Crippen LogP contribution is 2.21. The second-order valence-electron chi connectivity index (χ2n) is 5.38. The lowest BCUT2D eigenvalue weighted by Crippen LogP contribution is -2.27. The zero-order valence-corrected chi connectivity index (χ0v) is 13.6. The van der Waals surface area contributed by atoms with Gasteiger partial charge in [0, 0.05) is 56.1 Å². The minimum absolute atomic E-state index is 0.00581. The summed E-state index contributed by atoms with van der Waals surface area (Å²) in [7, 11) is 3.95. The summed E-state index contributed by atoms with van der Waals surface area (Å²) < 4.78 is 5.35. The van der Waals surface area contributed by atoms with Crippen LogP contribution in [0.4, 0.5) is 5.69 Å². The summed E-state index contributed by atoms with van der Waals surface area (Å²) >= 11 is 1.94. The lowest BCUT2D eigenvalue weighted by Gasteiger charge is -2.21. The van der Waals surface area contributed by atoms with Crippen molar-refractivity contribution in [2.75, 3.05) is 44.5 Å². The third kappa shape index (κ3) is 5.25. The van der Waals surface area contributed by atoms with Gasteiger partial charge in [0.25, 0.3) is 5.91 Å². The molecule has 5 heteroatoms. The van der Waals surface area contributed by atoms with Gasteiger partial charge in [-0.25, -0.2) is 0 Å². The predicted molar refractivity (Wildman–Crippen MR) is 89.4 cm³/mol. The maximum Gasteiger partial charge on any atom is 0.251 e. The molecule has 0 spiro atoms. The van der Waals surface area contributed by atoms with E-state index in [-0.39, 0.29) is 5.91 Å². The molecule has 0 aliphatic carbocycles. The fourth-order valence-corrected chi connectivity index (χ4v) is 3.34. The molecule has 0 aromatic heterocycles. The monoisotopic (exact) mass is 308 g/mol. The van der Waals surface area contributed by atoms with Crippen molar-refractivity contribution in [3.63, 3.8) is 0 Å². The molecule has 116 valence electrons. The van der Waals surface area contributed by atoms with Crippen molar-refractivity contribution < 1.29 is 9.53 Å². The molecule has 0 bridgehead atoms. The molecule has 1 aliphatic heterocycles. The molecule has 21 heavy (non-hydrogen) atoms. The molecule has 1 fully saturated rings. The van der Waals surface area contributed by atoms with Gasteiger partial charge < -0.3 is 15.0 Å². The van der Waals surface area contributed by atoms with Crippen LogP contribution in [0.15, 0.2) is 24.3 Å². The van der Waals surface area contributed by atoms with Gasteiger partial charge in [0.2, 0.25) is 0 Å². The molecule has 1 aromatic carbocycles. The number of benzene rings is 1. The van der Waals surface area contributed by atoms with E-state index in [9.17, 15) is 4.79 Å². The number of carbonyl (C=O) groups excluding carboxylic acids is 1. The predicted octanol–water partition coefficient (Wildman–Crippen LogP) is 2.39. The van der Waals surface area contributed by atoms with Gasteiger partial charge in [-0.15, -0.1) is 0 Å². The van der Waals surface area contributed by atoms with Gasteiger partial charge in [-0.1, -0.05) is 6.07 Å². The first-order chi connectivity index (χ1) is 10.2. The number of nitrogens with one attached hydrogen (secondary N) is 1. The Morgan fingerprint density at radius 1 is 1.38 bits per heavy atom. The van der Waals surface area contributed by atoms with Crippen molar-refractivity contribution in [2.24, 2.45) is 0 Å². The molecule has 1 aliphatic rings. The molecule has 1 amide bonds. The van der Waals surface area contributed by atoms with E-state index in [4.69, 9.17) is 4.74 Å². The number of amides is 1. The van der Waals surface area contributed by atoms with E-state index in [1.807, 2.05) is 55.0 Å². The first-order valence-electron chi connectivity index (χ1n) is 7.42. The maximum absolute atomic E-state index is 12.1. The summed E-state index contributed by atoms with van der Waals surface area (Å²) in [5.41, 5.74) is 1.76. The van der Waals surface area contributed by atoms with Crippen LogP contribution < -0.4 is 10.2 Å². The highest BCUT2D eigenvalue weighted by Gasteiger charge is 2.14. The number of anilines is 1. The molecular formula is C16H24N2O2S. The van der Waals surface area contributed by atoms with E-state index < -0.39 is 0 Å². The quantitative estimate of drug-likeness (QED) is 0.819. The van der Waals surface area contributed by atoms with Crippen LogP contribution in [0, 0.1) is 0 Å². The molecule has 2 rings (SSSR count). The third-order valence-corrected chi connectivity index (χ3v) is 4.92. The third-order valence-electron chi connectivity index (χ3n) is 3.53. The number of ether oxygens (including phenoxy) is 1. The van der Waals surface area contributed by atoms with Crippen molar-refractivity contribution in [1.82, 2.24) is 5.32 Å². The zero-order valence-electron chi connectivity index (χ0n) is 12.8. The van der Waals surface area contributed by atoms with Crippen LogP contribution in [0.2, 0.25) is 0 Å². The lowest BCUT2D eigenvalue weighted by atomic mass is 10.2. The Hall–Kier alpha value is -1.20. The van der Waals surface area contributed by atoms with Crippen molar-refractivity contribution in [2.45, 2.75) is 18.1 Å². The van der Waals surface area contributed by atoms with E-state index in [1.54, 1.807) is 0 Å². The van der Waals surface area contributed by atoms with Crippen molar-refractivity contribution in [1.29, 1.82) is 0 Å². The normalized spacial score (nSPS) is 15.7. The number of hydrogen-bond acceptors (Lipinski definition) is 4. The van der Waals surface area contributed by atoms with Crippen molar-refractivity contribution in [3.8, 4) is 0 Å². The summed E-state index contributed by atoms with van der Waals surface area (Å²) in [6, 6.07) is 7.69. The number of rotatable bonds is 6. The maximum atomic E-state index is 12.1. The average Bonchev–Trinajstić information content (AvgIpc) is 2.52. The van der Waals surface area contributed by atoms with Crippen LogP contribution in [-0.4, -0.2) is 50.8 Å². The highest BCUT2D eigenvalue weighted by atomic mass is 32.2. The van der Waals surface area contributed by atoms with Crippen molar-refractivity contribution >= 4 is 23.4 Å². The summed E-state index contributed by atoms with van der Waals surface area (Å²) in [4.78, 5) is 14.1. The fourth-order valence-electron chi connectivity index (χ4n) is 2.26. The van der Waals surface area contributed by atoms with Gasteiger partial charge in [-0.2, -0.15) is 11.8 Å². The molecule has 1 saturated heterocycles.